The summed E-state index contributed by atoms with van der Waals surface area (Å²) >= 11 is 0. The first-order valence-electron chi connectivity index (χ1n) is 15.6. The van der Waals surface area contributed by atoms with Crippen molar-refractivity contribution in [1.82, 2.24) is 15.5 Å². The molecular weight excluding hydrogens is 592 g/mol. The monoisotopic (exact) mass is 638 g/mol. The molecule has 0 aromatic heterocycles. The SMILES string of the molecule is CC(C)C[C@H](NC(=O)OCc1ccccc1)C(=O)N[C@@H](Cc1ccc(OC(=O)N2CCC(C(N)=O)CC2)cc1)C(=O)OC(C)(C)C. The first kappa shape index (κ1) is 35.9. The molecule has 0 bridgehead atoms. The Morgan fingerprint density at radius 3 is 2.09 bits per heavy atom. The van der Waals surface area contributed by atoms with Crippen molar-refractivity contribution in [3.05, 3.63) is 65.7 Å². The Kier molecular flexibility index (Phi) is 13.0. The Labute approximate surface area is 270 Å². The molecule has 1 fully saturated rings. The number of carbonyl (C=O) groups is 5. The fourth-order valence-electron chi connectivity index (χ4n) is 4.89. The van der Waals surface area contributed by atoms with E-state index in [4.69, 9.17) is 19.9 Å². The number of nitrogens with zero attached hydrogens (tertiary/aromatic N) is 1. The smallest absolute Gasteiger partial charge is 0.415 e. The molecule has 1 heterocycles. The number of primary amides is 1. The molecule has 0 radical (unpaired) electrons. The summed E-state index contributed by atoms with van der Waals surface area (Å²) in [7, 11) is 0. The number of benzene rings is 2. The summed E-state index contributed by atoms with van der Waals surface area (Å²) in [4.78, 5) is 64.8. The molecule has 0 aliphatic carbocycles. The molecule has 12 nitrogen and oxygen atoms in total. The molecule has 0 saturated carbocycles. The van der Waals surface area contributed by atoms with Gasteiger partial charge in [-0.3, -0.25) is 9.59 Å². The van der Waals surface area contributed by atoms with E-state index in [1.54, 1.807) is 45.0 Å². The van der Waals surface area contributed by atoms with E-state index >= 15 is 0 Å². The number of nitrogens with two attached hydrogens (primary N) is 1. The lowest BCUT2D eigenvalue weighted by Crippen LogP contribution is -2.53. The first-order chi connectivity index (χ1) is 21.7. The molecule has 3 rings (SSSR count). The van der Waals surface area contributed by atoms with Crippen molar-refractivity contribution in [2.75, 3.05) is 13.1 Å². The highest BCUT2D eigenvalue weighted by Gasteiger charge is 2.31. The number of hydrogen-bond acceptors (Lipinski definition) is 8. The quantitative estimate of drug-likeness (QED) is 0.292. The number of piperidine rings is 1. The molecule has 2 atom stereocenters. The van der Waals surface area contributed by atoms with Crippen LogP contribution in [0.1, 0.15) is 65.0 Å². The molecule has 1 saturated heterocycles. The Balaban J connectivity index is 1.65. The van der Waals surface area contributed by atoms with Gasteiger partial charge in [0.2, 0.25) is 11.8 Å². The number of alkyl carbamates (subject to hydrolysis) is 1. The number of esters is 1. The minimum absolute atomic E-state index is 0.0440. The summed E-state index contributed by atoms with van der Waals surface area (Å²) in [5.41, 5.74) is 6.04. The van der Waals surface area contributed by atoms with Gasteiger partial charge in [0.05, 0.1) is 0 Å². The van der Waals surface area contributed by atoms with E-state index in [9.17, 15) is 24.0 Å². The number of rotatable bonds is 12. The maximum absolute atomic E-state index is 13.5. The van der Waals surface area contributed by atoms with Gasteiger partial charge in [-0.25, -0.2) is 14.4 Å². The van der Waals surface area contributed by atoms with Crippen molar-refractivity contribution in [1.29, 1.82) is 0 Å². The number of carbonyl (C=O) groups excluding carboxylic acids is 5. The van der Waals surface area contributed by atoms with Gasteiger partial charge in [-0.05, 0) is 69.2 Å². The number of nitrogens with one attached hydrogen (secondary N) is 2. The third-order valence-electron chi connectivity index (χ3n) is 7.26. The summed E-state index contributed by atoms with van der Waals surface area (Å²) in [6.45, 7) is 9.82. The van der Waals surface area contributed by atoms with Crippen LogP contribution in [0.3, 0.4) is 0 Å². The normalized spacial score (nSPS) is 15.0. The molecular formula is C34H46N4O8. The van der Waals surface area contributed by atoms with Crippen molar-refractivity contribution >= 4 is 30.0 Å². The van der Waals surface area contributed by atoms with Crippen molar-refractivity contribution < 1.29 is 38.2 Å². The standard InChI is InChI=1S/C34H46N4O8/c1-22(2)19-27(37-32(42)44-21-24-9-7-6-8-10-24)30(40)36-28(31(41)46-34(3,4)5)20-23-11-13-26(14-12-23)45-33(43)38-17-15-25(16-18-38)29(35)39/h6-14,22,25,27-28H,15-21H2,1-5H3,(H2,35,39)(H,36,40)(H,37,42)/t27-,28-/m0/s1. The lowest BCUT2D eigenvalue weighted by Gasteiger charge is -2.29. The van der Waals surface area contributed by atoms with Gasteiger partial charge in [-0.2, -0.15) is 0 Å². The molecule has 250 valence electrons. The summed E-state index contributed by atoms with van der Waals surface area (Å²) < 4.78 is 16.4. The fourth-order valence-corrected chi connectivity index (χ4v) is 4.89. The highest BCUT2D eigenvalue weighted by atomic mass is 16.6. The van der Waals surface area contributed by atoms with E-state index in [0.29, 0.717) is 43.7 Å². The highest BCUT2D eigenvalue weighted by Crippen LogP contribution is 2.20. The largest absolute Gasteiger partial charge is 0.458 e. The fraction of sp³-hybridized carbons (Fsp3) is 0.500. The highest BCUT2D eigenvalue weighted by molar-refractivity contribution is 5.90. The predicted molar refractivity (Wildman–Crippen MR) is 170 cm³/mol. The zero-order chi connectivity index (χ0) is 33.9. The van der Waals surface area contributed by atoms with E-state index in [1.165, 1.54) is 4.90 Å². The summed E-state index contributed by atoms with van der Waals surface area (Å²) in [5.74, 6) is -1.43. The Morgan fingerprint density at radius 2 is 1.52 bits per heavy atom. The average Bonchev–Trinajstić information content (AvgIpc) is 2.99. The summed E-state index contributed by atoms with van der Waals surface area (Å²) in [6.07, 6.45) is 0.102. The molecule has 4 amide bonds. The second-order valence-electron chi connectivity index (χ2n) is 12.9. The number of amides is 4. The van der Waals surface area contributed by atoms with Crippen molar-refractivity contribution in [3.63, 3.8) is 0 Å². The Hall–Kier alpha value is -4.61. The molecule has 1 aliphatic rings. The third-order valence-corrected chi connectivity index (χ3v) is 7.26. The van der Waals surface area contributed by atoms with Crippen LogP contribution >= 0.6 is 0 Å². The van der Waals surface area contributed by atoms with Gasteiger partial charge in [0, 0.05) is 25.4 Å². The Morgan fingerprint density at radius 1 is 0.891 bits per heavy atom. The van der Waals surface area contributed by atoms with E-state index < -0.39 is 41.7 Å². The maximum Gasteiger partial charge on any atom is 0.415 e. The summed E-state index contributed by atoms with van der Waals surface area (Å²) in [6, 6.07) is 13.7. The maximum atomic E-state index is 13.5. The van der Waals surface area contributed by atoms with Crippen LogP contribution in [0.15, 0.2) is 54.6 Å². The van der Waals surface area contributed by atoms with Gasteiger partial charge >= 0.3 is 18.2 Å². The van der Waals surface area contributed by atoms with Crippen LogP contribution in [0, 0.1) is 11.8 Å². The lowest BCUT2D eigenvalue weighted by atomic mass is 9.97. The third kappa shape index (κ3) is 12.1. The average molecular weight is 639 g/mol. The van der Waals surface area contributed by atoms with Crippen LogP contribution in [0.25, 0.3) is 0 Å². The van der Waals surface area contributed by atoms with E-state index in [0.717, 1.165) is 5.56 Å². The van der Waals surface area contributed by atoms with Gasteiger partial charge < -0.3 is 35.5 Å². The van der Waals surface area contributed by atoms with E-state index in [2.05, 4.69) is 10.6 Å². The molecule has 12 heteroatoms. The Bertz CT molecular complexity index is 1330. The van der Waals surface area contributed by atoms with Crippen LogP contribution in [0.5, 0.6) is 5.75 Å². The van der Waals surface area contributed by atoms with Crippen LogP contribution in [0.4, 0.5) is 9.59 Å². The van der Waals surface area contributed by atoms with Gasteiger partial charge in [0.25, 0.3) is 0 Å². The minimum atomic E-state index is -1.07. The number of ether oxygens (including phenoxy) is 3. The first-order valence-corrected chi connectivity index (χ1v) is 15.6. The molecule has 4 N–H and O–H groups in total. The van der Waals surface area contributed by atoms with Crippen molar-refractivity contribution in [3.8, 4) is 5.75 Å². The number of likely N-dealkylation sites (tertiary alicyclic amines) is 1. The molecule has 0 unspecified atom stereocenters. The van der Waals surface area contributed by atoms with Gasteiger partial charge in [0.1, 0.15) is 30.0 Å². The molecule has 0 spiro atoms. The lowest BCUT2D eigenvalue weighted by molar-refractivity contribution is -0.158. The van der Waals surface area contributed by atoms with Gasteiger partial charge in [-0.15, -0.1) is 0 Å². The minimum Gasteiger partial charge on any atom is -0.458 e. The molecule has 46 heavy (non-hydrogen) atoms. The predicted octanol–water partition coefficient (Wildman–Crippen LogP) is 4.09. The molecule has 2 aromatic carbocycles. The van der Waals surface area contributed by atoms with Crippen molar-refractivity contribution in [2.45, 2.75) is 84.6 Å². The van der Waals surface area contributed by atoms with E-state index in [-0.39, 0.29) is 30.8 Å². The molecule has 1 aliphatic heterocycles. The summed E-state index contributed by atoms with van der Waals surface area (Å²) in [5, 5.41) is 5.40. The van der Waals surface area contributed by atoms with Crippen LogP contribution in [0.2, 0.25) is 0 Å². The van der Waals surface area contributed by atoms with Crippen molar-refractivity contribution in [2.24, 2.45) is 17.6 Å². The van der Waals surface area contributed by atoms with Crippen LogP contribution in [-0.4, -0.2) is 65.6 Å². The second kappa shape index (κ2) is 16.6. The van der Waals surface area contributed by atoms with Crippen LogP contribution < -0.4 is 21.1 Å². The van der Waals surface area contributed by atoms with Gasteiger partial charge in [-0.1, -0.05) is 56.3 Å². The number of hydrogen-bond donors (Lipinski definition) is 3. The second-order valence-corrected chi connectivity index (χ2v) is 12.9. The van der Waals surface area contributed by atoms with Crippen LogP contribution in [-0.2, 0) is 36.9 Å². The van der Waals surface area contributed by atoms with Gasteiger partial charge in [0.15, 0.2) is 0 Å². The zero-order valence-electron chi connectivity index (χ0n) is 27.2. The van der Waals surface area contributed by atoms with E-state index in [1.807, 2.05) is 44.2 Å². The topological polar surface area (TPSA) is 166 Å². The molecule has 2 aromatic rings. The zero-order valence-corrected chi connectivity index (χ0v) is 27.2.